The monoisotopic (exact) mass is 407 g/mol. The third kappa shape index (κ3) is 3.00. The fourth-order valence-corrected chi connectivity index (χ4v) is 3.51. The smallest absolute Gasteiger partial charge is 0.223 e. The van der Waals surface area contributed by atoms with Gasteiger partial charge in [0.2, 0.25) is 5.95 Å². The molecule has 0 saturated heterocycles. The molecule has 0 bridgehead atoms. The standard InChI is InChI=1S/C17H19BrClN5/c1-4-5-11-7-24(16-13(11)15(19)22-17(20)23-16)8-12-10(3)14(18)9(2)6-21-12/h6-7H,4-5,8H2,1-3H3,(H2,20,22,23). The minimum Gasteiger partial charge on any atom is -0.368 e. The lowest BCUT2D eigenvalue weighted by Crippen LogP contribution is -2.06. The van der Waals surface area contributed by atoms with Gasteiger partial charge >= 0.3 is 0 Å². The SMILES string of the molecule is CCCc1cn(Cc2ncc(C)c(Br)c2C)c2nc(N)nc(Cl)c12. The molecule has 0 saturated carbocycles. The molecule has 0 aliphatic heterocycles. The molecule has 5 nitrogen and oxygen atoms in total. The van der Waals surface area contributed by atoms with E-state index in [1.54, 1.807) is 0 Å². The number of halogens is 2. The van der Waals surface area contributed by atoms with Crippen LogP contribution in [0, 0.1) is 13.8 Å². The van der Waals surface area contributed by atoms with Crippen molar-refractivity contribution in [3.8, 4) is 0 Å². The number of anilines is 1. The van der Waals surface area contributed by atoms with E-state index >= 15 is 0 Å². The van der Waals surface area contributed by atoms with Crippen LogP contribution in [0.2, 0.25) is 5.15 Å². The molecule has 0 atom stereocenters. The van der Waals surface area contributed by atoms with Crippen molar-refractivity contribution < 1.29 is 0 Å². The minimum absolute atomic E-state index is 0.185. The minimum atomic E-state index is 0.185. The molecule has 126 valence electrons. The summed E-state index contributed by atoms with van der Waals surface area (Å²) in [6.07, 6.45) is 5.90. The number of hydrogen-bond acceptors (Lipinski definition) is 4. The van der Waals surface area contributed by atoms with Gasteiger partial charge in [0, 0.05) is 16.9 Å². The normalized spacial score (nSPS) is 11.4. The average Bonchev–Trinajstić information content (AvgIpc) is 2.86. The molecule has 0 fully saturated rings. The van der Waals surface area contributed by atoms with Crippen LogP contribution in [0.15, 0.2) is 16.9 Å². The van der Waals surface area contributed by atoms with E-state index in [1.807, 2.05) is 13.1 Å². The van der Waals surface area contributed by atoms with Crippen LogP contribution in [-0.4, -0.2) is 19.5 Å². The van der Waals surface area contributed by atoms with Crippen molar-refractivity contribution in [2.45, 2.75) is 40.2 Å². The summed E-state index contributed by atoms with van der Waals surface area (Å²) in [6.45, 7) is 6.84. The molecule has 0 aromatic carbocycles. The summed E-state index contributed by atoms with van der Waals surface area (Å²) in [5, 5.41) is 1.30. The van der Waals surface area contributed by atoms with Crippen LogP contribution in [0.5, 0.6) is 0 Å². The van der Waals surface area contributed by atoms with Gasteiger partial charge in [-0.3, -0.25) is 4.98 Å². The van der Waals surface area contributed by atoms with Crippen LogP contribution >= 0.6 is 27.5 Å². The summed E-state index contributed by atoms with van der Waals surface area (Å²) in [7, 11) is 0. The molecule has 3 aromatic heterocycles. The molecule has 0 aliphatic carbocycles. The van der Waals surface area contributed by atoms with Crippen molar-refractivity contribution in [1.82, 2.24) is 19.5 Å². The molecular formula is C17H19BrClN5. The molecule has 7 heteroatoms. The van der Waals surface area contributed by atoms with E-state index in [0.29, 0.717) is 11.7 Å². The number of aryl methyl sites for hydroxylation is 2. The summed E-state index contributed by atoms with van der Waals surface area (Å²) >= 11 is 9.96. The largest absolute Gasteiger partial charge is 0.368 e. The van der Waals surface area contributed by atoms with Crippen LogP contribution in [0.1, 0.15) is 35.7 Å². The second-order valence-electron chi connectivity index (χ2n) is 5.93. The summed E-state index contributed by atoms with van der Waals surface area (Å²) in [6, 6.07) is 0. The quantitative estimate of drug-likeness (QED) is 0.648. The van der Waals surface area contributed by atoms with Crippen molar-refractivity contribution in [2.75, 3.05) is 5.73 Å². The number of rotatable bonds is 4. The fraction of sp³-hybridized carbons (Fsp3) is 0.353. The van der Waals surface area contributed by atoms with E-state index < -0.39 is 0 Å². The third-order valence-electron chi connectivity index (χ3n) is 4.13. The highest BCUT2D eigenvalue weighted by atomic mass is 79.9. The van der Waals surface area contributed by atoms with E-state index in [0.717, 1.165) is 50.7 Å². The van der Waals surface area contributed by atoms with Crippen LogP contribution in [-0.2, 0) is 13.0 Å². The van der Waals surface area contributed by atoms with Gasteiger partial charge in [0.15, 0.2) is 0 Å². The molecule has 3 rings (SSSR count). The molecule has 0 radical (unpaired) electrons. The van der Waals surface area contributed by atoms with Crippen molar-refractivity contribution in [3.05, 3.63) is 44.4 Å². The molecule has 24 heavy (non-hydrogen) atoms. The van der Waals surface area contributed by atoms with Gasteiger partial charge in [-0.2, -0.15) is 4.98 Å². The van der Waals surface area contributed by atoms with Crippen LogP contribution in [0.3, 0.4) is 0 Å². The topological polar surface area (TPSA) is 69.6 Å². The maximum Gasteiger partial charge on any atom is 0.223 e. The van der Waals surface area contributed by atoms with Crippen molar-refractivity contribution in [1.29, 1.82) is 0 Å². The number of aromatic nitrogens is 4. The van der Waals surface area contributed by atoms with Gasteiger partial charge in [0.25, 0.3) is 0 Å². The van der Waals surface area contributed by atoms with Crippen molar-refractivity contribution in [2.24, 2.45) is 0 Å². The maximum absolute atomic E-state index is 6.33. The number of hydrogen-bond donors (Lipinski definition) is 1. The summed E-state index contributed by atoms with van der Waals surface area (Å²) in [5.41, 5.74) is 10.9. The van der Waals surface area contributed by atoms with Gasteiger partial charge < -0.3 is 10.3 Å². The zero-order valence-corrected chi connectivity index (χ0v) is 16.2. The molecule has 0 aliphatic rings. The first-order chi connectivity index (χ1) is 11.4. The fourth-order valence-electron chi connectivity index (χ4n) is 2.89. The van der Waals surface area contributed by atoms with Gasteiger partial charge in [0.05, 0.1) is 17.6 Å². The Kier molecular flexibility index (Phi) is 4.78. The zero-order valence-electron chi connectivity index (χ0n) is 13.9. The second-order valence-corrected chi connectivity index (χ2v) is 7.08. The van der Waals surface area contributed by atoms with Crippen molar-refractivity contribution in [3.63, 3.8) is 0 Å². The number of nitrogen functional groups attached to an aromatic ring is 1. The van der Waals surface area contributed by atoms with Crippen molar-refractivity contribution >= 4 is 44.5 Å². The molecule has 2 N–H and O–H groups in total. The number of pyridine rings is 1. The van der Waals surface area contributed by atoms with Gasteiger partial charge in [-0.1, -0.05) is 40.9 Å². The van der Waals surface area contributed by atoms with Crippen LogP contribution in [0.4, 0.5) is 5.95 Å². The predicted molar refractivity (Wildman–Crippen MR) is 101 cm³/mol. The Bertz CT molecular complexity index is 919. The van der Waals surface area contributed by atoms with E-state index in [2.05, 4.69) is 55.5 Å². The van der Waals surface area contributed by atoms with E-state index in [4.69, 9.17) is 17.3 Å². The Hall–Kier alpha value is -1.66. The van der Waals surface area contributed by atoms with Gasteiger partial charge in [-0.05, 0) is 37.0 Å². The number of nitrogens with two attached hydrogens (primary N) is 1. The molecular weight excluding hydrogens is 390 g/mol. The molecule has 0 amide bonds. The lowest BCUT2D eigenvalue weighted by Gasteiger charge is -2.10. The highest BCUT2D eigenvalue weighted by molar-refractivity contribution is 9.10. The van der Waals surface area contributed by atoms with Gasteiger partial charge in [0.1, 0.15) is 10.8 Å². The van der Waals surface area contributed by atoms with Gasteiger partial charge in [-0.25, -0.2) is 4.98 Å². The first kappa shape index (κ1) is 17.2. The van der Waals surface area contributed by atoms with E-state index in [9.17, 15) is 0 Å². The highest BCUT2D eigenvalue weighted by Gasteiger charge is 2.16. The third-order valence-corrected chi connectivity index (χ3v) is 5.62. The number of nitrogens with zero attached hydrogens (tertiary/aromatic N) is 4. The van der Waals surface area contributed by atoms with E-state index in [-0.39, 0.29) is 5.95 Å². The molecule has 3 aromatic rings. The highest BCUT2D eigenvalue weighted by Crippen LogP contribution is 2.29. The first-order valence-electron chi connectivity index (χ1n) is 7.83. The summed E-state index contributed by atoms with van der Waals surface area (Å²) in [4.78, 5) is 13.1. The predicted octanol–water partition coefficient (Wildman–Crippen LogP) is 4.44. The lowest BCUT2D eigenvalue weighted by molar-refractivity contribution is 0.780. The lowest BCUT2D eigenvalue weighted by atomic mass is 10.1. The Labute approximate surface area is 154 Å². The Balaban J connectivity index is 2.15. The van der Waals surface area contributed by atoms with E-state index in [1.165, 1.54) is 0 Å². The Morgan fingerprint density at radius 2 is 2.04 bits per heavy atom. The first-order valence-corrected chi connectivity index (χ1v) is 9.00. The molecule has 0 spiro atoms. The Morgan fingerprint density at radius 1 is 1.29 bits per heavy atom. The van der Waals surface area contributed by atoms with Gasteiger partial charge in [-0.15, -0.1) is 0 Å². The second kappa shape index (κ2) is 6.69. The molecule has 0 unspecified atom stereocenters. The Morgan fingerprint density at radius 3 is 2.75 bits per heavy atom. The van der Waals surface area contributed by atoms with Crippen LogP contribution in [0.25, 0.3) is 11.0 Å². The summed E-state index contributed by atoms with van der Waals surface area (Å²) < 4.78 is 3.14. The summed E-state index contributed by atoms with van der Waals surface area (Å²) in [5.74, 6) is 0.185. The average molecular weight is 409 g/mol. The molecule has 3 heterocycles. The number of fused-ring (bicyclic) bond motifs is 1. The zero-order chi connectivity index (χ0) is 17.4. The maximum atomic E-state index is 6.33. The van der Waals surface area contributed by atoms with Crippen LogP contribution < -0.4 is 5.73 Å².